The van der Waals surface area contributed by atoms with Crippen LogP contribution in [-0.4, -0.2) is 42.1 Å². The molecule has 1 fully saturated rings. The lowest BCUT2D eigenvalue weighted by Crippen LogP contribution is -2.33. The number of nitrogens with one attached hydrogen (secondary N) is 2. The summed E-state index contributed by atoms with van der Waals surface area (Å²) in [5.74, 6) is -1.62. The zero-order chi connectivity index (χ0) is 19.4. The van der Waals surface area contributed by atoms with E-state index in [1.54, 1.807) is 12.1 Å². The first-order chi connectivity index (χ1) is 12.9. The average molecular weight is 372 g/mol. The third-order valence-electron chi connectivity index (χ3n) is 3.90. The summed E-state index contributed by atoms with van der Waals surface area (Å²) in [7, 11) is 0. The molecular formula is C18H17FN4O4. The molecule has 140 valence electrons. The molecule has 0 unspecified atom stereocenters. The number of cyclic esters (lactones) is 1. The fraction of sp³-hybridized carbons (Fsp3) is 0.222. The largest absolute Gasteiger partial charge is 0.442 e. The van der Waals surface area contributed by atoms with Crippen molar-refractivity contribution in [1.82, 2.24) is 10.3 Å². The number of ether oxygens (including phenoxy) is 1. The van der Waals surface area contributed by atoms with Crippen LogP contribution in [0.3, 0.4) is 0 Å². The Morgan fingerprint density at radius 1 is 1.30 bits per heavy atom. The Bertz CT molecular complexity index is 875. The minimum atomic E-state index is -0.767. The quantitative estimate of drug-likeness (QED) is 0.835. The van der Waals surface area contributed by atoms with Crippen molar-refractivity contribution >= 4 is 29.3 Å². The molecule has 1 atom stereocenters. The van der Waals surface area contributed by atoms with Gasteiger partial charge in [-0.1, -0.05) is 0 Å². The maximum Gasteiger partial charge on any atom is 0.414 e. The Labute approximate surface area is 154 Å². The summed E-state index contributed by atoms with van der Waals surface area (Å²) in [6.07, 6.45) is 1.84. The lowest BCUT2D eigenvalue weighted by atomic mass is 10.1. The number of halogens is 1. The monoisotopic (exact) mass is 372 g/mol. The Hall–Kier alpha value is -3.49. The number of rotatable bonds is 5. The summed E-state index contributed by atoms with van der Waals surface area (Å²) in [6, 6.07) is 7.03. The zero-order valence-corrected chi connectivity index (χ0v) is 14.4. The van der Waals surface area contributed by atoms with Gasteiger partial charge in [-0.15, -0.1) is 0 Å². The van der Waals surface area contributed by atoms with E-state index in [1.165, 1.54) is 36.4 Å². The van der Waals surface area contributed by atoms with Crippen LogP contribution in [0.25, 0.3) is 0 Å². The van der Waals surface area contributed by atoms with Crippen LogP contribution in [0.2, 0.25) is 0 Å². The van der Waals surface area contributed by atoms with Crippen molar-refractivity contribution in [1.29, 1.82) is 0 Å². The molecule has 27 heavy (non-hydrogen) atoms. The van der Waals surface area contributed by atoms with Crippen LogP contribution in [0.15, 0.2) is 42.7 Å². The number of carbonyl (C=O) groups is 3. The van der Waals surface area contributed by atoms with Crippen LogP contribution in [0.4, 0.5) is 20.6 Å². The van der Waals surface area contributed by atoms with E-state index in [1.807, 2.05) is 0 Å². The van der Waals surface area contributed by atoms with E-state index >= 15 is 0 Å². The maximum atomic E-state index is 14.4. The summed E-state index contributed by atoms with van der Waals surface area (Å²) in [5, 5.41) is 5.13. The summed E-state index contributed by atoms with van der Waals surface area (Å²) >= 11 is 0. The Morgan fingerprint density at radius 3 is 2.70 bits per heavy atom. The van der Waals surface area contributed by atoms with Gasteiger partial charge in [0.05, 0.1) is 24.3 Å². The average Bonchev–Trinajstić information content (AvgIpc) is 3.01. The second-order valence-corrected chi connectivity index (χ2v) is 5.91. The normalized spacial score (nSPS) is 16.0. The molecule has 0 saturated carbocycles. The van der Waals surface area contributed by atoms with Gasteiger partial charge in [0.25, 0.3) is 5.91 Å². The van der Waals surface area contributed by atoms with E-state index in [0.29, 0.717) is 5.69 Å². The van der Waals surface area contributed by atoms with E-state index < -0.39 is 23.9 Å². The van der Waals surface area contributed by atoms with E-state index in [4.69, 9.17) is 4.74 Å². The Balaban J connectivity index is 1.70. The summed E-state index contributed by atoms with van der Waals surface area (Å²) in [6.45, 7) is 1.70. The molecule has 1 saturated heterocycles. The molecule has 1 aromatic carbocycles. The van der Waals surface area contributed by atoms with Gasteiger partial charge in [-0.05, 0) is 30.3 Å². The summed E-state index contributed by atoms with van der Waals surface area (Å²) in [5.41, 5.74) is 0.601. The van der Waals surface area contributed by atoms with E-state index in [0.717, 1.165) is 6.07 Å². The molecule has 0 bridgehead atoms. The Kier molecular flexibility index (Phi) is 5.30. The minimum Gasteiger partial charge on any atom is -0.442 e. The molecule has 0 aliphatic carbocycles. The second kappa shape index (κ2) is 7.81. The molecule has 3 rings (SSSR count). The topological polar surface area (TPSA) is 101 Å². The highest BCUT2D eigenvalue weighted by Gasteiger charge is 2.32. The fourth-order valence-electron chi connectivity index (χ4n) is 2.59. The van der Waals surface area contributed by atoms with Gasteiger partial charge in [0.2, 0.25) is 5.91 Å². The molecule has 0 spiro atoms. The van der Waals surface area contributed by atoms with Crippen LogP contribution in [0.1, 0.15) is 17.3 Å². The number of hydrogen-bond donors (Lipinski definition) is 2. The third-order valence-corrected chi connectivity index (χ3v) is 3.90. The van der Waals surface area contributed by atoms with Crippen LogP contribution in [0.5, 0.6) is 0 Å². The number of amides is 3. The number of benzene rings is 1. The van der Waals surface area contributed by atoms with Gasteiger partial charge in [0, 0.05) is 25.0 Å². The standard InChI is InChI=1S/C18H17FN4O4/c1-11(24)21-9-14-10-23(18(26)27-14)13-2-3-15(16(19)8-13)17(25)22-12-4-6-20-7-5-12/h2-8,14H,9-10H2,1H3,(H,21,24)(H,20,22,25)/t14-/m0/s1. The molecule has 1 aromatic heterocycles. The van der Waals surface area contributed by atoms with Gasteiger partial charge >= 0.3 is 6.09 Å². The van der Waals surface area contributed by atoms with Crippen molar-refractivity contribution in [2.45, 2.75) is 13.0 Å². The smallest absolute Gasteiger partial charge is 0.414 e. The van der Waals surface area contributed by atoms with Crippen molar-refractivity contribution in [3.05, 3.63) is 54.1 Å². The van der Waals surface area contributed by atoms with E-state index in [9.17, 15) is 18.8 Å². The van der Waals surface area contributed by atoms with Crippen molar-refractivity contribution < 1.29 is 23.5 Å². The van der Waals surface area contributed by atoms with Gasteiger partial charge in [-0.3, -0.25) is 19.5 Å². The molecule has 0 radical (unpaired) electrons. The summed E-state index contributed by atoms with van der Waals surface area (Å²) in [4.78, 5) is 40.2. The van der Waals surface area contributed by atoms with Crippen molar-refractivity contribution in [3.63, 3.8) is 0 Å². The lowest BCUT2D eigenvalue weighted by Gasteiger charge is -2.14. The first kappa shape index (κ1) is 18.3. The van der Waals surface area contributed by atoms with Gasteiger partial charge in [0.15, 0.2) is 0 Å². The molecular weight excluding hydrogens is 355 g/mol. The number of nitrogens with zero attached hydrogens (tertiary/aromatic N) is 2. The molecule has 8 nitrogen and oxygen atoms in total. The second-order valence-electron chi connectivity index (χ2n) is 5.91. The van der Waals surface area contributed by atoms with Crippen LogP contribution >= 0.6 is 0 Å². The molecule has 9 heteroatoms. The van der Waals surface area contributed by atoms with Gasteiger partial charge in [-0.2, -0.15) is 0 Å². The molecule has 2 N–H and O–H groups in total. The predicted octanol–water partition coefficient (Wildman–Crippen LogP) is 1.93. The fourth-order valence-corrected chi connectivity index (χ4v) is 2.59. The minimum absolute atomic E-state index is 0.155. The van der Waals surface area contributed by atoms with Gasteiger partial charge in [0.1, 0.15) is 11.9 Å². The predicted molar refractivity (Wildman–Crippen MR) is 94.9 cm³/mol. The lowest BCUT2D eigenvalue weighted by molar-refractivity contribution is -0.119. The van der Waals surface area contributed by atoms with E-state index in [-0.39, 0.29) is 30.2 Å². The van der Waals surface area contributed by atoms with Crippen LogP contribution in [-0.2, 0) is 9.53 Å². The van der Waals surface area contributed by atoms with Crippen molar-refractivity contribution in [3.8, 4) is 0 Å². The van der Waals surface area contributed by atoms with Crippen LogP contribution in [0, 0.1) is 5.82 Å². The molecule has 2 heterocycles. The SMILES string of the molecule is CC(=O)NC[C@H]1CN(c2ccc(C(=O)Nc3ccncc3)c(F)c2)C(=O)O1. The number of carbonyl (C=O) groups excluding carboxylic acids is 3. The molecule has 2 aromatic rings. The maximum absolute atomic E-state index is 14.4. The molecule has 3 amide bonds. The number of anilines is 2. The third kappa shape index (κ3) is 4.38. The molecule has 1 aliphatic rings. The Morgan fingerprint density at radius 2 is 2.04 bits per heavy atom. The first-order valence-electron chi connectivity index (χ1n) is 8.17. The summed E-state index contributed by atoms with van der Waals surface area (Å²) < 4.78 is 19.6. The zero-order valence-electron chi connectivity index (χ0n) is 14.4. The van der Waals surface area contributed by atoms with Crippen LogP contribution < -0.4 is 15.5 Å². The highest BCUT2D eigenvalue weighted by molar-refractivity contribution is 6.04. The van der Waals surface area contributed by atoms with Crippen molar-refractivity contribution in [2.24, 2.45) is 0 Å². The number of aromatic nitrogens is 1. The first-order valence-corrected chi connectivity index (χ1v) is 8.17. The number of hydrogen-bond acceptors (Lipinski definition) is 5. The van der Waals surface area contributed by atoms with Crippen molar-refractivity contribution in [2.75, 3.05) is 23.3 Å². The highest BCUT2D eigenvalue weighted by Crippen LogP contribution is 2.24. The van der Waals surface area contributed by atoms with E-state index in [2.05, 4.69) is 15.6 Å². The molecule has 1 aliphatic heterocycles. The van der Waals surface area contributed by atoms with Gasteiger partial charge < -0.3 is 15.4 Å². The highest BCUT2D eigenvalue weighted by atomic mass is 19.1. The van der Waals surface area contributed by atoms with Gasteiger partial charge in [-0.25, -0.2) is 9.18 Å². The number of pyridine rings is 1.